The van der Waals surface area contributed by atoms with Crippen molar-refractivity contribution < 1.29 is 4.79 Å². The molecule has 3 heteroatoms. The molecule has 0 aliphatic heterocycles. The molecule has 0 saturated heterocycles. The van der Waals surface area contributed by atoms with Gasteiger partial charge in [-0.05, 0) is 32.0 Å². The van der Waals surface area contributed by atoms with E-state index in [-0.39, 0.29) is 5.41 Å². The van der Waals surface area contributed by atoms with Crippen molar-refractivity contribution in [2.45, 2.75) is 13.3 Å². The molecule has 0 unspecified atom stereocenters. The summed E-state index contributed by atoms with van der Waals surface area (Å²) in [5.74, 6) is 0.322. The molecule has 0 radical (unpaired) electrons. The van der Waals surface area contributed by atoms with Gasteiger partial charge in [-0.25, -0.2) is 0 Å². The molecule has 2 rings (SSSR count). The zero-order chi connectivity index (χ0) is 10.3. The van der Waals surface area contributed by atoms with E-state index < -0.39 is 0 Å². The minimum atomic E-state index is -0.189. The molecule has 1 atom stereocenters. The Balaban J connectivity index is 2.28. The quantitative estimate of drug-likeness (QED) is 0.743. The normalized spacial score (nSPS) is 25.9. The monoisotopic (exact) mass is 209 g/mol. The number of carbonyl (C=O) groups is 1. The van der Waals surface area contributed by atoms with Crippen molar-refractivity contribution in [1.29, 1.82) is 0 Å². The van der Waals surface area contributed by atoms with Gasteiger partial charge in [-0.1, -0.05) is 6.92 Å². The van der Waals surface area contributed by atoms with Crippen LogP contribution in [-0.2, 0) is 6.42 Å². The Morgan fingerprint density at radius 1 is 1.57 bits per heavy atom. The summed E-state index contributed by atoms with van der Waals surface area (Å²) in [5, 5.41) is 2.01. The Morgan fingerprint density at radius 2 is 2.29 bits per heavy atom. The van der Waals surface area contributed by atoms with Gasteiger partial charge in [0.15, 0.2) is 5.78 Å². The fourth-order valence-electron chi connectivity index (χ4n) is 2.27. The van der Waals surface area contributed by atoms with Crippen LogP contribution in [0.25, 0.3) is 0 Å². The molecule has 0 aromatic carbocycles. The largest absolute Gasteiger partial charge is 0.308 e. The van der Waals surface area contributed by atoms with Gasteiger partial charge in [0.2, 0.25) is 0 Å². The summed E-state index contributed by atoms with van der Waals surface area (Å²) in [7, 11) is 4.04. The highest BCUT2D eigenvalue weighted by molar-refractivity contribution is 7.10. The van der Waals surface area contributed by atoms with Gasteiger partial charge >= 0.3 is 0 Å². The van der Waals surface area contributed by atoms with Crippen molar-refractivity contribution in [3.8, 4) is 0 Å². The fourth-order valence-corrected chi connectivity index (χ4v) is 3.32. The van der Waals surface area contributed by atoms with E-state index in [1.165, 1.54) is 4.88 Å². The SMILES string of the molecule is CN(C)C[C@@]1(C)Cc2sccc2C1=O. The highest BCUT2D eigenvalue weighted by atomic mass is 32.1. The summed E-state index contributed by atoms with van der Waals surface area (Å²) < 4.78 is 0. The van der Waals surface area contributed by atoms with Crippen LogP contribution in [0.1, 0.15) is 22.2 Å². The first-order chi connectivity index (χ1) is 6.53. The number of ketones is 1. The van der Waals surface area contributed by atoms with Crippen molar-refractivity contribution in [1.82, 2.24) is 4.90 Å². The molecule has 0 saturated carbocycles. The molecular formula is C11H15NOS. The van der Waals surface area contributed by atoms with Crippen molar-refractivity contribution in [2.75, 3.05) is 20.6 Å². The third-order valence-corrected chi connectivity index (χ3v) is 3.68. The molecule has 1 aromatic rings. The van der Waals surface area contributed by atoms with Gasteiger partial charge in [0.1, 0.15) is 0 Å². The van der Waals surface area contributed by atoms with E-state index in [1.54, 1.807) is 11.3 Å². The predicted octanol–water partition coefficient (Wildman–Crippen LogP) is 2.05. The Bertz CT molecular complexity index is 369. The third kappa shape index (κ3) is 1.41. The molecule has 0 amide bonds. The number of hydrogen-bond donors (Lipinski definition) is 0. The summed E-state index contributed by atoms with van der Waals surface area (Å²) in [6.45, 7) is 2.91. The Morgan fingerprint density at radius 3 is 2.86 bits per heavy atom. The minimum Gasteiger partial charge on any atom is -0.308 e. The molecule has 1 aliphatic rings. The van der Waals surface area contributed by atoms with Crippen LogP contribution < -0.4 is 0 Å². The minimum absolute atomic E-state index is 0.189. The highest BCUT2D eigenvalue weighted by Gasteiger charge is 2.42. The molecule has 1 aliphatic carbocycles. The topological polar surface area (TPSA) is 20.3 Å². The second-order valence-corrected chi connectivity index (χ2v) is 5.56. The first-order valence-corrected chi connectivity index (χ1v) is 5.67. The average Bonchev–Trinajstić information content (AvgIpc) is 2.55. The Kier molecular flexibility index (Phi) is 2.24. The summed E-state index contributed by atoms with van der Waals surface area (Å²) in [6, 6.07) is 1.96. The Hall–Kier alpha value is -0.670. The van der Waals surface area contributed by atoms with Crippen LogP contribution in [0.4, 0.5) is 0 Å². The molecule has 0 N–H and O–H groups in total. The molecule has 2 nitrogen and oxygen atoms in total. The molecular weight excluding hydrogens is 194 g/mol. The van der Waals surface area contributed by atoms with E-state index in [0.29, 0.717) is 5.78 Å². The second-order valence-electron chi connectivity index (χ2n) is 4.56. The first kappa shape index (κ1) is 9.87. The molecule has 1 heterocycles. The summed E-state index contributed by atoms with van der Waals surface area (Å²) in [6.07, 6.45) is 0.914. The number of thiophene rings is 1. The number of hydrogen-bond acceptors (Lipinski definition) is 3. The highest BCUT2D eigenvalue weighted by Crippen LogP contribution is 2.39. The van der Waals surface area contributed by atoms with Crippen LogP contribution in [-0.4, -0.2) is 31.3 Å². The van der Waals surface area contributed by atoms with Gasteiger partial charge in [0.05, 0.1) is 0 Å². The fraction of sp³-hybridized carbons (Fsp3) is 0.545. The van der Waals surface area contributed by atoms with E-state index in [9.17, 15) is 4.79 Å². The van der Waals surface area contributed by atoms with Gasteiger partial charge in [0, 0.05) is 22.4 Å². The molecule has 76 valence electrons. The van der Waals surface area contributed by atoms with E-state index in [0.717, 1.165) is 18.5 Å². The van der Waals surface area contributed by atoms with E-state index >= 15 is 0 Å². The third-order valence-electron chi connectivity index (χ3n) is 2.75. The van der Waals surface area contributed by atoms with Gasteiger partial charge < -0.3 is 4.90 Å². The van der Waals surface area contributed by atoms with Crippen LogP contribution in [0.2, 0.25) is 0 Å². The number of rotatable bonds is 2. The van der Waals surface area contributed by atoms with Gasteiger partial charge in [0.25, 0.3) is 0 Å². The van der Waals surface area contributed by atoms with E-state index in [2.05, 4.69) is 11.8 Å². The van der Waals surface area contributed by atoms with Crippen molar-refractivity contribution in [3.05, 3.63) is 21.9 Å². The van der Waals surface area contributed by atoms with Crippen LogP contribution in [0.15, 0.2) is 11.4 Å². The summed E-state index contributed by atoms with van der Waals surface area (Å²) >= 11 is 1.71. The summed E-state index contributed by atoms with van der Waals surface area (Å²) in [5.41, 5.74) is 0.769. The summed E-state index contributed by atoms with van der Waals surface area (Å²) in [4.78, 5) is 15.5. The zero-order valence-corrected chi connectivity index (χ0v) is 9.65. The van der Waals surface area contributed by atoms with Crippen molar-refractivity contribution in [3.63, 3.8) is 0 Å². The van der Waals surface area contributed by atoms with Gasteiger partial charge in [-0.15, -0.1) is 11.3 Å². The maximum Gasteiger partial charge on any atom is 0.171 e. The lowest BCUT2D eigenvalue weighted by Crippen LogP contribution is -2.36. The molecule has 0 bridgehead atoms. The molecule has 14 heavy (non-hydrogen) atoms. The standard InChI is InChI=1S/C11H15NOS/c1-11(7-12(2)3)6-9-8(10(11)13)4-5-14-9/h4-5H,6-7H2,1-3H3/t11-/m1/s1. The number of nitrogens with zero attached hydrogens (tertiary/aromatic N) is 1. The molecule has 0 spiro atoms. The molecule has 0 fully saturated rings. The van der Waals surface area contributed by atoms with Crippen LogP contribution in [0.3, 0.4) is 0 Å². The second kappa shape index (κ2) is 3.17. The van der Waals surface area contributed by atoms with Gasteiger partial charge in [-0.2, -0.15) is 0 Å². The van der Waals surface area contributed by atoms with Crippen LogP contribution in [0, 0.1) is 5.41 Å². The lowest BCUT2D eigenvalue weighted by molar-refractivity contribution is 0.0799. The lowest BCUT2D eigenvalue weighted by Gasteiger charge is -2.25. The smallest absolute Gasteiger partial charge is 0.171 e. The maximum atomic E-state index is 12.1. The van der Waals surface area contributed by atoms with Crippen molar-refractivity contribution in [2.24, 2.45) is 5.41 Å². The van der Waals surface area contributed by atoms with Crippen LogP contribution >= 0.6 is 11.3 Å². The van der Waals surface area contributed by atoms with Gasteiger partial charge in [-0.3, -0.25) is 4.79 Å². The lowest BCUT2D eigenvalue weighted by atomic mass is 9.86. The van der Waals surface area contributed by atoms with Crippen molar-refractivity contribution >= 4 is 17.1 Å². The predicted molar refractivity (Wildman–Crippen MR) is 59.0 cm³/mol. The average molecular weight is 209 g/mol. The first-order valence-electron chi connectivity index (χ1n) is 4.79. The number of Topliss-reactive ketones (excluding diaryl/α,β-unsaturated/α-hetero) is 1. The Labute approximate surface area is 88.5 Å². The zero-order valence-electron chi connectivity index (χ0n) is 8.83. The van der Waals surface area contributed by atoms with Crippen LogP contribution in [0.5, 0.6) is 0 Å². The molecule has 1 aromatic heterocycles. The number of carbonyl (C=O) groups excluding carboxylic acids is 1. The number of fused-ring (bicyclic) bond motifs is 1. The van der Waals surface area contributed by atoms with E-state index in [1.807, 2.05) is 25.5 Å². The maximum absolute atomic E-state index is 12.1. The van der Waals surface area contributed by atoms with E-state index in [4.69, 9.17) is 0 Å².